The van der Waals surface area contributed by atoms with Gasteiger partial charge in [0.05, 0.1) is 6.04 Å². The number of fused-ring (bicyclic) bond motifs is 1. The molecule has 2 amide bonds. The molecule has 120 valence electrons. The van der Waals surface area contributed by atoms with Crippen LogP contribution >= 0.6 is 0 Å². The molecule has 1 aromatic rings. The molecular weight excluding hydrogens is 296 g/mol. The van der Waals surface area contributed by atoms with Crippen molar-refractivity contribution < 1.29 is 9.59 Å². The minimum absolute atomic E-state index is 0.0221. The molecule has 1 aromatic heterocycles. The van der Waals surface area contributed by atoms with E-state index in [0.717, 1.165) is 6.42 Å². The van der Waals surface area contributed by atoms with Gasteiger partial charge in [0.2, 0.25) is 11.8 Å². The number of aryl methyl sites for hydroxylation is 1. The van der Waals surface area contributed by atoms with E-state index in [1.54, 1.807) is 0 Å². The van der Waals surface area contributed by atoms with Crippen molar-refractivity contribution in [3.8, 4) is 12.3 Å². The highest BCUT2D eigenvalue weighted by Crippen LogP contribution is 2.22. The molecule has 7 nitrogen and oxygen atoms in total. The maximum Gasteiger partial charge on any atom is 0.254 e. The Morgan fingerprint density at radius 1 is 1.52 bits per heavy atom. The number of amides is 2. The number of nitrogens with one attached hydrogen (secondary N) is 2. The lowest BCUT2D eigenvalue weighted by Crippen LogP contribution is -2.41. The summed E-state index contributed by atoms with van der Waals surface area (Å²) in [7, 11) is 0. The van der Waals surface area contributed by atoms with E-state index in [2.05, 4.69) is 21.5 Å². The summed E-state index contributed by atoms with van der Waals surface area (Å²) in [6.07, 6.45) is 9.19. The fraction of sp³-hybridized carbons (Fsp3) is 0.500. The topological polar surface area (TPSA) is 93.1 Å². The number of hydrogen-bond acceptors (Lipinski definition) is 4. The molecule has 1 fully saturated rings. The fourth-order valence-electron chi connectivity index (χ4n) is 3.21. The Morgan fingerprint density at radius 2 is 2.35 bits per heavy atom. The first-order chi connectivity index (χ1) is 11.1. The molecule has 2 aliphatic rings. The summed E-state index contributed by atoms with van der Waals surface area (Å²) < 4.78 is 1.42. The predicted octanol–water partition coefficient (Wildman–Crippen LogP) is -0.625. The Bertz CT molecular complexity index is 734. The van der Waals surface area contributed by atoms with Gasteiger partial charge in [0.15, 0.2) is 0 Å². The summed E-state index contributed by atoms with van der Waals surface area (Å²) in [5.74, 6) is 2.66. The van der Waals surface area contributed by atoms with E-state index in [-0.39, 0.29) is 23.3 Å². The first kappa shape index (κ1) is 15.3. The summed E-state index contributed by atoms with van der Waals surface area (Å²) in [5, 5.41) is 5.54. The molecule has 3 heterocycles. The van der Waals surface area contributed by atoms with Gasteiger partial charge in [-0.05, 0) is 19.3 Å². The summed E-state index contributed by atoms with van der Waals surface area (Å²) >= 11 is 0. The van der Waals surface area contributed by atoms with Crippen molar-refractivity contribution in [2.24, 2.45) is 5.92 Å². The van der Waals surface area contributed by atoms with E-state index in [9.17, 15) is 14.4 Å². The van der Waals surface area contributed by atoms with Crippen molar-refractivity contribution in [1.82, 2.24) is 20.2 Å². The summed E-state index contributed by atoms with van der Waals surface area (Å²) in [6, 6.07) is 0.239. The van der Waals surface area contributed by atoms with Crippen LogP contribution in [0.15, 0.2) is 17.1 Å². The quantitative estimate of drug-likeness (QED) is 0.724. The van der Waals surface area contributed by atoms with Crippen LogP contribution in [0.1, 0.15) is 31.1 Å². The minimum Gasteiger partial charge on any atom is -0.356 e. The number of carbonyl (C=O) groups is 2. The fourth-order valence-corrected chi connectivity index (χ4v) is 3.21. The lowest BCUT2D eigenvalue weighted by atomic mass is 9.98. The van der Waals surface area contributed by atoms with Gasteiger partial charge in [-0.3, -0.25) is 19.0 Å². The molecule has 0 radical (unpaired) electrons. The smallest absolute Gasteiger partial charge is 0.254 e. The van der Waals surface area contributed by atoms with Gasteiger partial charge < -0.3 is 10.6 Å². The molecule has 3 unspecified atom stereocenters. The van der Waals surface area contributed by atoms with E-state index in [4.69, 9.17) is 6.42 Å². The highest BCUT2D eigenvalue weighted by molar-refractivity contribution is 5.82. The first-order valence-corrected chi connectivity index (χ1v) is 7.71. The maximum atomic E-state index is 12.5. The highest BCUT2D eigenvalue weighted by Gasteiger charge is 2.32. The monoisotopic (exact) mass is 314 g/mol. The number of carbonyl (C=O) groups excluding carboxylic acids is 2. The Balaban J connectivity index is 1.69. The highest BCUT2D eigenvalue weighted by atomic mass is 16.2. The summed E-state index contributed by atoms with van der Waals surface area (Å²) in [6.45, 7) is 0.645. The van der Waals surface area contributed by atoms with Gasteiger partial charge in [0, 0.05) is 31.1 Å². The Kier molecular flexibility index (Phi) is 4.15. The molecule has 3 atom stereocenters. The maximum absolute atomic E-state index is 12.5. The third kappa shape index (κ3) is 2.97. The zero-order chi connectivity index (χ0) is 16.4. The van der Waals surface area contributed by atoms with E-state index < -0.39 is 12.1 Å². The van der Waals surface area contributed by atoms with Gasteiger partial charge in [-0.2, -0.15) is 0 Å². The van der Waals surface area contributed by atoms with E-state index in [0.29, 0.717) is 31.6 Å². The molecule has 3 rings (SSSR count). The van der Waals surface area contributed by atoms with E-state index in [1.165, 1.54) is 16.8 Å². The average molecular weight is 314 g/mol. The first-order valence-electron chi connectivity index (χ1n) is 7.71. The van der Waals surface area contributed by atoms with Gasteiger partial charge in [-0.15, -0.1) is 6.42 Å². The summed E-state index contributed by atoms with van der Waals surface area (Å²) in [4.78, 5) is 40.2. The second-order valence-electron chi connectivity index (χ2n) is 5.86. The average Bonchev–Trinajstić information content (AvgIpc) is 3.14. The SMILES string of the molecule is C#CC(CC1CCNC1=O)NC(=O)C1CCc2nccc(=O)n21. The molecule has 0 aliphatic carbocycles. The number of nitrogens with zero attached hydrogens (tertiary/aromatic N) is 2. The zero-order valence-electron chi connectivity index (χ0n) is 12.6. The molecule has 0 saturated carbocycles. The van der Waals surface area contributed by atoms with Crippen LogP contribution in [0.4, 0.5) is 0 Å². The molecule has 23 heavy (non-hydrogen) atoms. The van der Waals surface area contributed by atoms with Crippen LogP contribution in [0.2, 0.25) is 0 Å². The van der Waals surface area contributed by atoms with Crippen LogP contribution in [-0.2, 0) is 16.0 Å². The number of rotatable bonds is 4. The number of hydrogen-bond donors (Lipinski definition) is 2. The molecule has 1 saturated heterocycles. The zero-order valence-corrected chi connectivity index (χ0v) is 12.6. The number of terminal acetylenes is 1. The summed E-state index contributed by atoms with van der Waals surface area (Å²) in [5.41, 5.74) is -0.236. The molecule has 0 bridgehead atoms. The third-order valence-corrected chi connectivity index (χ3v) is 4.41. The second-order valence-corrected chi connectivity index (χ2v) is 5.86. The van der Waals surface area contributed by atoms with Gasteiger partial charge in [-0.25, -0.2) is 4.98 Å². The van der Waals surface area contributed by atoms with Crippen molar-refractivity contribution >= 4 is 11.8 Å². The van der Waals surface area contributed by atoms with Gasteiger partial charge in [0.25, 0.3) is 5.56 Å². The standard InChI is InChI=1S/C16H18N4O3/c1-2-11(9-10-5-7-18-15(10)22)19-16(23)12-3-4-13-17-8-6-14(21)20(12)13/h1,6,8,10-12H,3-5,7,9H2,(H,18,22)(H,19,23). The second kappa shape index (κ2) is 6.24. The van der Waals surface area contributed by atoms with Crippen molar-refractivity contribution in [2.45, 2.75) is 37.8 Å². The van der Waals surface area contributed by atoms with Gasteiger partial charge in [-0.1, -0.05) is 5.92 Å². The van der Waals surface area contributed by atoms with Crippen molar-refractivity contribution in [1.29, 1.82) is 0 Å². The van der Waals surface area contributed by atoms with Gasteiger partial charge in [0.1, 0.15) is 11.9 Å². The van der Waals surface area contributed by atoms with Crippen molar-refractivity contribution in [3.05, 3.63) is 28.4 Å². The molecular formula is C16H18N4O3. The molecule has 7 heteroatoms. The van der Waals surface area contributed by atoms with Gasteiger partial charge >= 0.3 is 0 Å². The largest absolute Gasteiger partial charge is 0.356 e. The molecule has 2 N–H and O–H groups in total. The van der Waals surface area contributed by atoms with Crippen LogP contribution in [0.5, 0.6) is 0 Å². The van der Waals surface area contributed by atoms with E-state index in [1.807, 2.05) is 0 Å². The Labute approximate surface area is 133 Å². The normalized spacial score (nSPS) is 23.7. The van der Waals surface area contributed by atoms with Crippen LogP contribution < -0.4 is 16.2 Å². The Morgan fingerprint density at radius 3 is 3.04 bits per heavy atom. The van der Waals surface area contributed by atoms with E-state index >= 15 is 0 Å². The third-order valence-electron chi connectivity index (χ3n) is 4.41. The predicted molar refractivity (Wildman–Crippen MR) is 82.4 cm³/mol. The van der Waals surface area contributed by atoms with Crippen LogP contribution in [0.3, 0.4) is 0 Å². The minimum atomic E-state index is -0.584. The lowest BCUT2D eigenvalue weighted by molar-refractivity contribution is -0.126. The van der Waals surface area contributed by atoms with Crippen LogP contribution in [0, 0.1) is 18.3 Å². The molecule has 0 aromatic carbocycles. The Hall–Kier alpha value is -2.62. The number of aromatic nitrogens is 2. The van der Waals surface area contributed by atoms with Crippen molar-refractivity contribution in [2.75, 3.05) is 6.54 Å². The van der Waals surface area contributed by atoms with Crippen LogP contribution in [-0.4, -0.2) is 34.0 Å². The molecule has 2 aliphatic heterocycles. The molecule has 0 spiro atoms. The lowest BCUT2D eigenvalue weighted by Gasteiger charge is -2.19. The van der Waals surface area contributed by atoms with Crippen LogP contribution in [0.25, 0.3) is 0 Å². The van der Waals surface area contributed by atoms with Crippen molar-refractivity contribution in [3.63, 3.8) is 0 Å².